The van der Waals surface area contributed by atoms with Gasteiger partial charge in [0, 0.05) is 6.42 Å². The number of amides is 1. The van der Waals surface area contributed by atoms with Crippen LogP contribution in [0, 0.1) is 5.92 Å². The Morgan fingerprint density at radius 3 is 2.25 bits per heavy atom. The van der Waals surface area contributed by atoms with Crippen LogP contribution in [0.3, 0.4) is 0 Å². The normalized spacial score (nSPS) is 12.1. The van der Waals surface area contributed by atoms with Gasteiger partial charge in [0.1, 0.15) is 6.04 Å². The van der Waals surface area contributed by atoms with Crippen LogP contribution in [-0.4, -0.2) is 25.0 Å². The SMILES string of the molecule is C=C(C)C[C@H](NC(=O)CC(C)C)C(=O)OC. The van der Waals surface area contributed by atoms with E-state index in [1.54, 1.807) is 0 Å². The van der Waals surface area contributed by atoms with Gasteiger partial charge in [-0.05, 0) is 19.3 Å². The van der Waals surface area contributed by atoms with Crippen molar-refractivity contribution in [3.05, 3.63) is 12.2 Å². The van der Waals surface area contributed by atoms with Crippen LogP contribution in [0.2, 0.25) is 0 Å². The second kappa shape index (κ2) is 7.04. The number of hydrogen-bond acceptors (Lipinski definition) is 3. The Labute approximate surface area is 97.1 Å². The van der Waals surface area contributed by atoms with Gasteiger partial charge in [-0.15, -0.1) is 6.58 Å². The van der Waals surface area contributed by atoms with Crippen LogP contribution in [0.25, 0.3) is 0 Å². The summed E-state index contributed by atoms with van der Waals surface area (Å²) in [5.74, 6) is -0.296. The highest BCUT2D eigenvalue weighted by Crippen LogP contribution is 2.06. The smallest absolute Gasteiger partial charge is 0.328 e. The molecule has 0 bridgehead atoms. The summed E-state index contributed by atoms with van der Waals surface area (Å²) in [6, 6.07) is -0.617. The van der Waals surface area contributed by atoms with Crippen LogP contribution < -0.4 is 5.32 Å². The molecule has 0 aliphatic carbocycles. The molecule has 0 saturated heterocycles. The van der Waals surface area contributed by atoms with Crippen LogP contribution in [0.5, 0.6) is 0 Å². The first-order valence-corrected chi connectivity index (χ1v) is 5.38. The van der Waals surface area contributed by atoms with E-state index in [0.717, 1.165) is 5.57 Å². The van der Waals surface area contributed by atoms with Crippen molar-refractivity contribution in [3.8, 4) is 0 Å². The van der Waals surface area contributed by atoms with Crippen molar-refractivity contribution in [2.75, 3.05) is 7.11 Å². The first kappa shape index (κ1) is 14.7. The van der Waals surface area contributed by atoms with Crippen molar-refractivity contribution in [1.82, 2.24) is 5.32 Å². The lowest BCUT2D eigenvalue weighted by Gasteiger charge is -2.17. The van der Waals surface area contributed by atoms with Crippen LogP contribution in [0.4, 0.5) is 0 Å². The third-order valence-corrected chi connectivity index (χ3v) is 1.97. The summed E-state index contributed by atoms with van der Waals surface area (Å²) in [4.78, 5) is 22.9. The Hall–Kier alpha value is -1.32. The standard InChI is InChI=1S/C12H21NO3/c1-8(2)6-10(12(15)16-5)13-11(14)7-9(3)4/h9-10H,1,6-7H2,2-5H3,(H,13,14)/t10-/m0/s1. The molecular weight excluding hydrogens is 206 g/mol. The fourth-order valence-corrected chi connectivity index (χ4v) is 1.31. The number of carbonyl (C=O) groups excluding carboxylic acids is 2. The van der Waals surface area contributed by atoms with E-state index in [2.05, 4.69) is 16.6 Å². The monoisotopic (exact) mass is 227 g/mol. The highest BCUT2D eigenvalue weighted by molar-refractivity contribution is 5.84. The first-order chi connectivity index (χ1) is 7.36. The molecule has 92 valence electrons. The number of esters is 1. The van der Waals surface area contributed by atoms with E-state index in [4.69, 9.17) is 0 Å². The van der Waals surface area contributed by atoms with Crippen molar-refractivity contribution in [2.24, 2.45) is 5.92 Å². The zero-order valence-corrected chi connectivity index (χ0v) is 10.5. The van der Waals surface area contributed by atoms with E-state index >= 15 is 0 Å². The molecule has 1 amide bonds. The summed E-state index contributed by atoms with van der Waals surface area (Å²) in [6.07, 6.45) is 0.820. The molecule has 0 aromatic carbocycles. The Balaban J connectivity index is 4.36. The summed E-state index contributed by atoms with van der Waals surface area (Å²) in [7, 11) is 1.31. The lowest BCUT2D eigenvalue weighted by atomic mass is 10.1. The van der Waals surface area contributed by atoms with Crippen molar-refractivity contribution in [3.63, 3.8) is 0 Å². The van der Waals surface area contributed by atoms with Gasteiger partial charge in [0.05, 0.1) is 7.11 Å². The molecule has 0 aliphatic heterocycles. The van der Waals surface area contributed by atoms with Crippen LogP contribution >= 0.6 is 0 Å². The predicted molar refractivity (Wildman–Crippen MR) is 62.8 cm³/mol. The number of rotatable bonds is 6. The van der Waals surface area contributed by atoms with Crippen LogP contribution in [0.1, 0.15) is 33.6 Å². The molecule has 0 spiro atoms. The molecular formula is C12H21NO3. The topological polar surface area (TPSA) is 55.4 Å². The highest BCUT2D eigenvalue weighted by Gasteiger charge is 2.21. The molecule has 0 unspecified atom stereocenters. The lowest BCUT2D eigenvalue weighted by Crippen LogP contribution is -2.42. The molecule has 0 fully saturated rings. The Morgan fingerprint density at radius 1 is 1.31 bits per heavy atom. The first-order valence-electron chi connectivity index (χ1n) is 5.38. The zero-order chi connectivity index (χ0) is 12.7. The molecule has 0 aromatic rings. The lowest BCUT2D eigenvalue weighted by molar-refractivity contribution is -0.145. The minimum absolute atomic E-state index is 0.133. The van der Waals surface area contributed by atoms with E-state index in [9.17, 15) is 9.59 Å². The Morgan fingerprint density at radius 2 is 1.88 bits per heavy atom. The van der Waals surface area contributed by atoms with Crippen LogP contribution in [-0.2, 0) is 14.3 Å². The maximum Gasteiger partial charge on any atom is 0.328 e. The molecule has 1 N–H and O–H groups in total. The van der Waals surface area contributed by atoms with Gasteiger partial charge in [-0.2, -0.15) is 0 Å². The summed E-state index contributed by atoms with van der Waals surface area (Å²) in [5, 5.41) is 2.66. The summed E-state index contributed by atoms with van der Waals surface area (Å²) >= 11 is 0. The van der Waals surface area contributed by atoms with Crippen molar-refractivity contribution < 1.29 is 14.3 Å². The molecule has 0 heterocycles. The predicted octanol–water partition coefficient (Wildman–Crippen LogP) is 1.66. The fraction of sp³-hybridized carbons (Fsp3) is 0.667. The third kappa shape index (κ3) is 6.22. The van der Waals surface area contributed by atoms with Gasteiger partial charge in [0.2, 0.25) is 5.91 Å². The van der Waals surface area contributed by atoms with Gasteiger partial charge in [-0.1, -0.05) is 19.4 Å². The Bertz CT molecular complexity index is 271. The van der Waals surface area contributed by atoms with Crippen LogP contribution in [0.15, 0.2) is 12.2 Å². The van der Waals surface area contributed by atoms with Gasteiger partial charge >= 0.3 is 5.97 Å². The molecule has 1 atom stereocenters. The average molecular weight is 227 g/mol. The molecule has 0 radical (unpaired) electrons. The molecule has 0 rings (SSSR count). The van der Waals surface area contributed by atoms with Crippen molar-refractivity contribution in [1.29, 1.82) is 0 Å². The number of carbonyl (C=O) groups is 2. The number of methoxy groups -OCH3 is 1. The molecule has 0 aliphatic rings. The Kier molecular flexibility index (Phi) is 6.46. The fourth-order valence-electron chi connectivity index (χ4n) is 1.31. The quantitative estimate of drug-likeness (QED) is 0.554. The number of nitrogens with one attached hydrogen (secondary N) is 1. The maximum absolute atomic E-state index is 11.5. The minimum atomic E-state index is -0.617. The van der Waals surface area contributed by atoms with Crippen molar-refractivity contribution in [2.45, 2.75) is 39.7 Å². The maximum atomic E-state index is 11.5. The van der Waals surface area contributed by atoms with E-state index in [1.165, 1.54) is 7.11 Å². The molecule has 0 aromatic heterocycles. The summed E-state index contributed by atoms with van der Waals surface area (Å²) in [5.41, 5.74) is 0.834. The summed E-state index contributed by atoms with van der Waals surface area (Å²) < 4.78 is 4.62. The second-order valence-corrected chi connectivity index (χ2v) is 4.40. The molecule has 0 saturated carbocycles. The molecule has 4 nitrogen and oxygen atoms in total. The molecule has 4 heteroatoms. The third-order valence-electron chi connectivity index (χ3n) is 1.97. The minimum Gasteiger partial charge on any atom is -0.467 e. The van der Waals surface area contributed by atoms with Gasteiger partial charge in [0.25, 0.3) is 0 Å². The second-order valence-electron chi connectivity index (χ2n) is 4.40. The van der Waals surface area contributed by atoms with Gasteiger partial charge in [-0.3, -0.25) is 4.79 Å². The van der Waals surface area contributed by atoms with Gasteiger partial charge in [0.15, 0.2) is 0 Å². The highest BCUT2D eigenvalue weighted by atomic mass is 16.5. The van der Waals surface area contributed by atoms with E-state index in [-0.39, 0.29) is 11.8 Å². The van der Waals surface area contributed by atoms with Gasteiger partial charge in [-0.25, -0.2) is 4.79 Å². The van der Waals surface area contributed by atoms with E-state index in [0.29, 0.717) is 12.8 Å². The summed E-state index contributed by atoms with van der Waals surface area (Å²) in [6.45, 7) is 9.43. The van der Waals surface area contributed by atoms with E-state index in [1.807, 2.05) is 20.8 Å². The van der Waals surface area contributed by atoms with E-state index < -0.39 is 12.0 Å². The largest absolute Gasteiger partial charge is 0.467 e. The molecule has 16 heavy (non-hydrogen) atoms. The van der Waals surface area contributed by atoms with Gasteiger partial charge < -0.3 is 10.1 Å². The number of hydrogen-bond donors (Lipinski definition) is 1. The average Bonchev–Trinajstić information content (AvgIpc) is 2.13. The zero-order valence-electron chi connectivity index (χ0n) is 10.5. The van der Waals surface area contributed by atoms with Crippen molar-refractivity contribution >= 4 is 11.9 Å². The number of ether oxygens (including phenoxy) is 1.